The maximum atomic E-state index is 12.9. The molecule has 0 N–H and O–H groups in total. The zero-order chi connectivity index (χ0) is 18.7. The Morgan fingerprint density at radius 2 is 1.85 bits per heavy atom. The van der Waals surface area contributed by atoms with Crippen LogP contribution in [0.4, 0.5) is 0 Å². The molecule has 2 aromatic carbocycles. The average molecular weight is 391 g/mol. The smallest absolute Gasteiger partial charge is 0.254 e. The SMILES string of the molecule is CN(Cc1ccccc1)C(=O)[C@H]1CCCN1C(=O)c1ccc(Cl)c(Cl)c1. The molecule has 1 atom stereocenters. The van der Waals surface area contributed by atoms with Gasteiger partial charge in [0, 0.05) is 25.7 Å². The molecule has 1 aliphatic heterocycles. The van der Waals surface area contributed by atoms with Crippen molar-refractivity contribution in [1.82, 2.24) is 9.80 Å². The lowest BCUT2D eigenvalue weighted by Crippen LogP contribution is -2.46. The van der Waals surface area contributed by atoms with E-state index in [0.29, 0.717) is 35.1 Å². The number of hydrogen-bond acceptors (Lipinski definition) is 2. The van der Waals surface area contributed by atoms with Gasteiger partial charge in [0.2, 0.25) is 5.91 Å². The monoisotopic (exact) mass is 390 g/mol. The predicted molar refractivity (Wildman–Crippen MR) is 103 cm³/mol. The first-order chi connectivity index (χ1) is 12.5. The maximum Gasteiger partial charge on any atom is 0.254 e. The molecule has 1 fully saturated rings. The fourth-order valence-corrected chi connectivity index (χ4v) is 3.55. The van der Waals surface area contributed by atoms with Crippen LogP contribution in [0.15, 0.2) is 48.5 Å². The average Bonchev–Trinajstić information content (AvgIpc) is 3.13. The van der Waals surface area contributed by atoms with Crippen molar-refractivity contribution in [1.29, 1.82) is 0 Å². The van der Waals surface area contributed by atoms with Crippen LogP contribution in [-0.2, 0) is 11.3 Å². The molecule has 0 aliphatic carbocycles. The Kier molecular flexibility index (Phi) is 5.84. The van der Waals surface area contributed by atoms with Crippen LogP contribution in [0.3, 0.4) is 0 Å². The highest BCUT2D eigenvalue weighted by molar-refractivity contribution is 6.42. The van der Waals surface area contributed by atoms with Crippen LogP contribution in [0.25, 0.3) is 0 Å². The Morgan fingerprint density at radius 1 is 1.12 bits per heavy atom. The van der Waals surface area contributed by atoms with Gasteiger partial charge in [0.05, 0.1) is 10.0 Å². The number of hydrogen-bond donors (Lipinski definition) is 0. The molecule has 0 spiro atoms. The Labute approximate surface area is 163 Å². The van der Waals surface area contributed by atoms with Crippen molar-refractivity contribution in [3.8, 4) is 0 Å². The van der Waals surface area contributed by atoms with Gasteiger partial charge in [-0.25, -0.2) is 0 Å². The number of carbonyl (C=O) groups is 2. The Bertz CT molecular complexity index is 811. The van der Waals surface area contributed by atoms with Crippen molar-refractivity contribution in [2.45, 2.75) is 25.4 Å². The van der Waals surface area contributed by atoms with E-state index in [2.05, 4.69) is 0 Å². The summed E-state index contributed by atoms with van der Waals surface area (Å²) >= 11 is 12.0. The van der Waals surface area contributed by atoms with Gasteiger partial charge in [-0.3, -0.25) is 9.59 Å². The molecule has 0 saturated carbocycles. The molecule has 0 radical (unpaired) electrons. The van der Waals surface area contributed by atoms with E-state index < -0.39 is 6.04 Å². The first-order valence-electron chi connectivity index (χ1n) is 8.52. The highest BCUT2D eigenvalue weighted by Crippen LogP contribution is 2.26. The van der Waals surface area contributed by atoms with Crippen molar-refractivity contribution in [3.05, 3.63) is 69.7 Å². The quantitative estimate of drug-likeness (QED) is 0.782. The van der Waals surface area contributed by atoms with Gasteiger partial charge in [-0.2, -0.15) is 0 Å². The molecule has 0 aromatic heterocycles. The van der Waals surface area contributed by atoms with Gasteiger partial charge >= 0.3 is 0 Å². The van der Waals surface area contributed by atoms with Gasteiger partial charge < -0.3 is 9.80 Å². The van der Waals surface area contributed by atoms with Crippen LogP contribution in [0.2, 0.25) is 10.0 Å². The lowest BCUT2D eigenvalue weighted by atomic mass is 10.1. The molecular weight excluding hydrogens is 371 g/mol. The van der Waals surface area contributed by atoms with Gasteiger partial charge in [-0.1, -0.05) is 53.5 Å². The zero-order valence-electron chi connectivity index (χ0n) is 14.5. The minimum absolute atomic E-state index is 0.0419. The standard InChI is InChI=1S/C20H20Cl2N2O2/c1-23(13-14-6-3-2-4-7-14)20(26)18-8-5-11-24(18)19(25)15-9-10-16(21)17(22)12-15/h2-4,6-7,9-10,12,18H,5,8,11,13H2,1H3/t18-/m1/s1. The Morgan fingerprint density at radius 3 is 2.54 bits per heavy atom. The summed E-state index contributed by atoms with van der Waals surface area (Å²) in [4.78, 5) is 29.1. The molecule has 26 heavy (non-hydrogen) atoms. The minimum Gasteiger partial charge on any atom is -0.340 e. The van der Waals surface area contributed by atoms with Gasteiger partial charge in [0.1, 0.15) is 6.04 Å². The minimum atomic E-state index is -0.439. The van der Waals surface area contributed by atoms with E-state index in [1.807, 2.05) is 30.3 Å². The highest BCUT2D eigenvalue weighted by atomic mass is 35.5. The fourth-order valence-electron chi connectivity index (χ4n) is 3.25. The second-order valence-electron chi connectivity index (χ2n) is 6.47. The number of likely N-dealkylation sites (tertiary alicyclic amines) is 1. The van der Waals surface area contributed by atoms with Gasteiger partial charge in [0.25, 0.3) is 5.91 Å². The second-order valence-corrected chi connectivity index (χ2v) is 7.28. The molecule has 2 aromatic rings. The summed E-state index contributed by atoms with van der Waals surface area (Å²) in [5, 5.41) is 0.737. The van der Waals surface area contributed by atoms with Crippen LogP contribution in [0, 0.1) is 0 Å². The van der Waals surface area contributed by atoms with E-state index in [1.165, 1.54) is 0 Å². The van der Waals surface area contributed by atoms with Crippen molar-refractivity contribution in [2.24, 2.45) is 0 Å². The summed E-state index contributed by atoms with van der Waals surface area (Å²) < 4.78 is 0. The van der Waals surface area contributed by atoms with E-state index in [-0.39, 0.29) is 11.8 Å². The van der Waals surface area contributed by atoms with Crippen LogP contribution < -0.4 is 0 Å². The van der Waals surface area contributed by atoms with Crippen LogP contribution in [-0.4, -0.2) is 41.2 Å². The third-order valence-corrected chi connectivity index (χ3v) is 5.34. The molecule has 1 saturated heterocycles. The molecule has 1 heterocycles. The van der Waals surface area contributed by atoms with Crippen LogP contribution in [0.5, 0.6) is 0 Å². The molecule has 136 valence electrons. The Balaban J connectivity index is 1.73. The molecular formula is C20H20Cl2N2O2. The van der Waals surface area contributed by atoms with E-state index in [0.717, 1.165) is 12.0 Å². The molecule has 0 unspecified atom stereocenters. The second kappa shape index (κ2) is 8.11. The zero-order valence-corrected chi connectivity index (χ0v) is 16.0. The summed E-state index contributed by atoms with van der Waals surface area (Å²) in [6.07, 6.45) is 1.48. The molecule has 1 aliphatic rings. The molecule has 3 rings (SSSR count). The van der Waals surface area contributed by atoms with Gasteiger partial charge in [0.15, 0.2) is 0 Å². The molecule has 6 heteroatoms. The van der Waals surface area contributed by atoms with E-state index in [4.69, 9.17) is 23.2 Å². The number of rotatable bonds is 4. The van der Waals surface area contributed by atoms with Crippen molar-refractivity contribution < 1.29 is 9.59 Å². The number of nitrogens with zero attached hydrogens (tertiary/aromatic N) is 2. The largest absolute Gasteiger partial charge is 0.340 e. The summed E-state index contributed by atoms with van der Waals surface area (Å²) in [6.45, 7) is 1.08. The number of likely N-dealkylation sites (N-methyl/N-ethyl adjacent to an activating group) is 1. The maximum absolute atomic E-state index is 12.9. The summed E-state index contributed by atoms with van der Waals surface area (Å²) in [5.41, 5.74) is 1.51. The summed E-state index contributed by atoms with van der Waals surface area (Å²) in [5.74, 6) is -0.229. The van der Waals surface area contributed by atoms with Crippen molar-refractivity contribution >= 4 is 35.0 Å². The topological polar surface area (TPSA) is 40.6 Å². The van der Waals surface area contributed by atoms with Gasteiger partial charge in [-0.05, 0) is 36.6 Å². The number of amides is 2. The molecule has 4 nitrogen and oxygen atoms in total. The predicted octanol–water partition coefficient (Wildman–Crippen LogP) is 4.26. The third-order valence-electron chi connectivity index (χ3n) is 4.60. The van der Waals surface area contributed by atoms with Crippen molar-refractivity contribution in [3.63, 3.8) is 0 Å². The van der Waals surface area contributed by atoms with Crippen LogP contribution >= 0.6 is 23.2 Å². The first kappa shape index (κ1) is 18.7. The van der Waals surface area contributed by atoms with E-state index in [9.17, 15) is 9.59 Å². The number of benzene rings is 2. The Hall–Kier alpha value is -2.04. The lowest BCUT2D eigenvalue weighted by molar-refractivity contribution is -0.134. The lowest BCUT2D eigenvalue weighted by Gasteiger charge is -2.28. The van der Waals surface area contributed by atoms with Gasteiger partial charge in [-0.15, -0.1) is 0 Å². The number of carbonyl (C=O) groups excluding carboxylic acids is 2. The van der Waals surface area contributed by atoms with Crippen molar-refractivity contribution in [2.75, 3.05) is 13.6 Å². The molecule has 0 bridgehead atoms. The highest BCUT2D eigenvalue weighted by Gasteiger charge is 2.36. The van der Waals surface area contributed by atoms with E-state index >= 15 is 0 Å². The first-order valence-corrected chi connectivity index (χ1v) is 9.28. The molecule has 2 amide bonds. The summed E-state index contributed by atoms with van der Waals surface area (Å²) in [7, 11) is 1.77. The third kappa shape index (κ3) is 4.02. The summed E-state index contributed by atoms with van der Waals surface area (Å²) in [6, 6.07) is 14.2. The number of halogens is 2. The normalized spacial score (nSPS) is 16.6. The van der Waals surface area contributed by atoms with E-state index in [1.54, 1.807) is 35.0 Å². The van der Waals surface area contributed by atoms with Crippen LogP contribution in [0.1, 0.15) is 28.8 Å². The fraction of sp³-hybridized carbons (Fsp3) is 0.300.